The van der Waals surface area contributed by atoms with E-state index in [4.69, 9.17) is 9.15 Å². The van der Waals surface area contributed by atoms with Crippen LogP contribution in [0.25, 0.3) is 6.08 Å². The Morgan fingerprint density at radius 1 is 1.50 bits per heavy atom. The molecule has 0 bridgehead atoms. The number of nitrogens with one attached hydrogen (secondary N) is 2. The lowest BCUT2D eigenvalue weighted by Crippen LogP contribution is -2.29. The van der Waals surface area contributed by atoms with Gasteiger partial charge in [-0.3, -0.25) is 4.79 Å². The molecule has 2 heterocycles. The summed E-state index contributed by atoms with van der Waals surface area (Å²) in [6.07, 6.45) is 5.57. The molecular formula is C18H17N3O4S. The fourth-order valence-electron chi connectivity index (χ4n) is 2.77. The summed E-state index contributed by atoms with van der Waals surface area (Å²) < 4.78 is 10.4. The predicted molar refractivity (Wildman–Crippen MR) is 96.8 cm³/mol. The van der Waals surface area contributed by atoms with Crippen LogP contribution in [0, 0.1) is 11.3 Å². The summed E-state index contributed by atoms with van der Waals surface area (Å²) in [6.45, 7) is 0. The smallest absolute Gasteiger partial charge is 0.407 e. The van der Waals surface area contributed by atoms with Crippen molar-refractivity contribution < 1.29 is 18.7 Å². The molecule has 0 fully saturated rings. The Bertz CT molecular complexity index is 877. The molecule has 0 saturated carbocycles. The molecule has 0 aromatic carbocycles. The molecule has 0 radical (unpaired) electrons. The monoisotopic (exact) mass is 371 g/mol. The van der Waals surface area contributed by atoms with Crippen molar-refractivity contribution in [1.82, 2.24) is 5.32 Å². The van der Waals surface area contributed by atoms with Gasteiger partial charge in [-0.2, -0.15) is 5.26 Å². The molecule has 26 heavy (non-hydrogen) atoms. The molecule has 0 aliphatic heterocycles. The van der Waals surface area contributed by atoms with Gasteiger partial charge in [-0.1, -0.05) is 0 Å². The van der Waals surface area contributed by atoms with Crippen molar-refractivity contribution in [3.05, 3.63) is 46.2 Å². The van der Waals surface area contributed by atoms with Crippen molar-refractivity contribution in [2.24, 2.45) is 0 Å². The van der Waals surface area contributed by atoms with Crippen molar-refractivity contribution in [2.45, 2.75) is 25.4 Å². The summed E-state index contributed by atoms with van der Waals surface area (Å²) in [5, 5.41) is 15.2. The minimum atomic E-state index is -0.466. The summed E-state index contributed by atoms with van der Waals surface area (Å²) in [7, 11) is 1.51. The minimum absolute atomic E-state index is 0.227. The first-order chi connectivity index (χ1) is 12.6. The number of amides is 2. The highest BCUT2D eigenvalue weighted by molar-refractivity contribution is 7.16. The van der Waals surface area contributed by atoms with E-state index in [0.717, 1.165) is 10.4 Å². The highest BCUT2D eigenvalue weighted by Crippen LogP contribution is 2.38. The number of carbonyl (C=O) groups is 2. The van der Waals surface area contributed by atoms with Gasteiger partial charge in [0.15, 0.2) is 0 Å². The van der Waals surface area contributed by atoms with Crippen molar-refractivity contribution >= 4 is 34.4 Å². The molecule has 1 aliphatic rings. The number of furan rings is 1. The summed E-state index contributed by atoms with van der Waals surface area (Å²) in [5.41, 5.74) is 1.42. The summed E-state index contributed by atoms with van der Waals surface area (Å²) in [5.74, 6) is 0.231. The van der Waals surface area contributed by atoms with E-state index in [2.05, 4.69) is 16.7 Å². The van der Waals surface area contributed by atoms with Crippen LogP contribution in [-0.4, -0.2) is 25.2 Å². The normalized spacial score (nSPS) is 15.9. The largest absolute Gasteiger partial charge is 0.465 e. The first-order valence-corrected chi connectivity index (χ1v) is 8.88. The second-order valence-corrected chi connectivity index (χ2v) is 6.78. The van der Waals surface area contributed by atoms with Crippen LogP contribution in [0.5, 0.6) is 0 Å². The first-order valence-electron chi connectivity index (χ1n) is 8.06. The SMILES string of the molecule is CNC(=O)OC1CCc2c(sc(NC(=O)C=Cc3ccco3)c2C#N)C1. The molecule has 3 rings (SSSR count). The quantitative estimate of drug-likeness (QED) is 0.804. The van der Waals surface area contributed by atoms with Crippen LogP contribution in [0.4, 0.5) is 9.80 Å². The molecule has 7 nitrogen and oxygen atoms in total. The molecule has 0 spiro atoms. The van der Waals surface area contributed by atoms with E-state index >= 15 is 0 Å². The Hall–Kier alpha value is -3.05. The van der Waals surface area contributed by atoms with Gasteiger partial charge >= 0.3 is 6.09 Å². The van der Waals surface area contributed by atoms with E-state index in [1.807, 2.05) is 0 Å². The highest BCUT2D eigenvalue weighted by atomic mass is 32.1. The fourth-order valence-corrected chi connectivity index (χ4v) is 4.04. The molecule has 2 aromatic heterocycles. The molecule has 8 heteroatoms. The standard InChI is InChI=1S/C18H17N3O4S/c1-20-18(23)25-12-4-6-13-14(10-19)17(26-15(13)9-12)21-16(22)7-5-11-3-2-8-24-11/h2-3,5,7-8,12H,4,6,9H2,1H3,(H,20,23)(H,21,22). The number of rotatable bonds is 4. The lowest BCUT2D eigenvalue weighted by molar-refractivity contribution is -0.111. The molecule has 1 unspecified atom stereocenters. The number of alkyl carbamates (subject to hydrolysis) is 1. The average molecular weight is 371 g/mol. The van der Waals surface area contributed by atoms with Crippen molar-refractivity contribution in [2.75, 3.05) is 12.4 Å². The maximum absolute atomic E-state index is 12.1. The number of anilines is 1. The predicted octanol–water partition coefficient (Wildman–Crippen LogP) is 3.08. The van der Waals surface area contributed by atoms with Gasteiger partial charge in [0.2, 0.25) is 5.91 Å². The topological polar surface area (TPSA) is 104 Å². The van der Waals surface area contributed by atoms with Gasteiger partial charge in [0.1, 0.15) is 22.9 Å². The second kappa shape index (κ2) is 7.89. The third-order valence-corrected chi connectivity index (χ3v) is 5.16. The van der Waals surface area contributed by atoms with E-state index in [9.17, 15) is 14.9 Å². The van der Waals surface area contributed by atoms with Crippen LogP contribution in [0.3, 0.4) is 0 Å². The maximum atomic E-state index is 12.1. The van der Waals surface area contributed by atoms with Gasteiger partial charge in [-0.05, 0) is 36.6 Å². The molecule has 134 valence electrons. The highest BCUT2D eigenvalue weighted by Gasteiger charge is 2.28. The third kappa shape index (κ3) is 3.95. The molecule has 2 N–H and O–H groups in total. The van der Waals surface area contributed by atoms with E-state index in [-0.39, 0.29) is 12.0 Å². The molecule has 2 amide bonds. The van der Waals surface area contributed by atoms with Crippen molar-refractivity contribution in [1.29, 1.82) is 5.26 Å². The minimum Gasteiger partial charge on any atom is -0.465 e. The van der Waals surface area contributed by atoms with Crippen LogP contribution in [-0.2, 0) is 22.4 Å². The average Bonchev–Trinajstić information content (AvgIpc) is 3.26. The van der Waals surface area contributed by atoms with E-state index in [0.29, 0.717) is 35.6 Å². The zero-order valence-corrected chi connectivity index (χ0v) is 14.9. The van der Waals surface area contributed by atoms with Crippen LogP contribution in [0.2, 0.25) is 0 Å². The summed E-state index contributed by atoms with van der Waals surface area (Å²) >= 11 is 1.35. The number of thiophene rings is 1. The van der Waals surface area contributed by atoms with Crippen molar-refractivity contribution in [3.63, 3.8) is 0 Å². The van der Waals surface area contributed by atoms with Crippen LogP contribution in [0.1, 0.15) is 28.2 Å². The number of hydrogen-bond donors (Lipinski definition) is 2. The maximum Gasteiger partial charge on any atom is 0.407 e. The van der Waals surface area contributed by atoms with Gasteiger partial charge in [0.05, 0.1) is 11.8 Å². The Labute approximate surface area is 154 Å². The van der Waals surface area contributed by atoms with Gasteiger partial charge in [-0.25, -0.2) is 4.79 Å². The molecule has 1 aliphatic carbocycles. The number of hydrogen-bond acceptors (Lipinski definition) is 6. The Kier molecular flexibility index (Phi) is 5.39. The lowest BCUT2D eigenvalue weighted by atomic mass is 9.94. The summed E-state index contributed by atoms with van der Waals surface area (Å²) in [6, 6.07) is 5.65. The number of carbonyl (C=O) groups excluding carboxylic acids is 2. The van der Waals surface area contributed by atoms with E-state index in [1.165, 1.54) is 30.7 Å². The lowest BCUT2D eigenvalue weighted by Gasteiger charge is -2.22. The zero-order valence-electron chi connectivity index (χ0n) is 14.1. The number of fused-ring (bicyclic) bond motifs is 1. The Morgan fingerprint density at radius 2 is 2.35 bits per heavy atom. The van der Waals surface area contributed by atoms with Crippen LogP contribution < -0.4 is 10.6 Å². The van der Waals surface area contributed by atoms with Gasteiger partial charge in [-0.15, -0.1) is 11.3 Å². The van der Waals surface area contributed by atoms with Crippen molar-refractivity contribution in [3.8, 4) is 6.07 Å². The molecule has 1 atom stereocenters. The summed E-state index contributed by atoms with van der Waals surface area (Å²) in [4.78, 5) is 24.5. The van der Waals surface area contributed by atoms with E-state index in [1.54, 1.807) is 18.2 Å². The number of ether oxygens (including phenoxy) is 1. The Balaban J connectivity index is 1.72. The van der Waals surface area contributed by atoms with E-state index < -0.39 is 6.09 Å². The molecule has 2 aromatic rings. The number of nitrogens with zero attached hydrogens (tertiary/aromatic N) is 1. The third-order valence-electron chi connectivity index (χ3n) is 3.99. The first kappa shape index (κ1) is 17.8. The second-order valence-electron chi connectivity index (χ2n) is 5.68. The molecule has 0 saturated heterocycles. The van der Waals surface area contributed by atoms with Gasteiger partial charge < -0.3 is 19.8 Å². The van der Waals surface area contributed by atoms with Crippen LogP contribution >= 0.6 is 11.3 Å². The zero-order chi connectivity index (χ0) is 18.5. The van der Waals surface area contributed by atoms with Gasteiger partial charge in [0.25, 0.3) is 0 Å². The number of nitriles is 1. The van der Waals surface area contributed by atoms with Crippen LogP contribution in [0.15, 0.2) is 28.9 Å². The Morgan fingerprint density at radius 3 is 3.04 bits per heavy atom. The van der Waals surface area contributed by atoms with Gasteiger partial charge in [0, 0.05) is 24.4 Å². The fraction of sp³-hybridized carbons (Fsp3) is 0.278. The molecular weight excluding hydrogens is 354 g/mol.